The van der Waals surface area contributed by atoms with Crippen molar-refractivity contribution in [1.82, 2.24) is 21.5 Å². The number of hydrogen-bond donors (Lipinski definition) is 3. The Kier molecular flexibility index (Phi) is 2.91. The highest BCUT2D eigenvalue weighted by Crippen LogP contribution is 2.31. The van der Waals surface area contributed by atoms with Crippen molar-refractivity contribution in [2.24, 2.45) is 5.10 Å². The second-order valence-corrected chi connectivity index (χ2v) is 5.39. The number of amidine groups is 1. The number of thiazole rings is 1. The van der Waals surface area contributed by atoms with Gasteiger partial charge in [-0.3, -0.25) is 5.43 Å². The maximum absolute atomic E-state index is 5.80. The van der Waals surface area contributed by atoms with E-state index in [1.165, 1.54) is 11.3 Å². The molecule has 2 heterocycles. The van der Waals surface area contributed by atoms with Gasteiger partial charge in [0, 0.05) is 6.99 Å². The average Bonchev–Trinajstić information content (AvgIpc) is 3.17. The molecular weight excluding hydrogens is 286 g/mol. The molecule has 4 rings (SSSR count). The third kappa shape index (κ3) is 2.39. The number of fused-ring (bicyclic) bond motifs is 1. The van der Waals surface area contributed by atoms with Gasteiger partial charge in [0.15, 0.2) is 5.84 Å². The lowest BCUT2D eigenvalue weighted by Gasteiger charge is -2.03. The number of benzene rings is 2. The third-order valence-electron chi connectivity index (χ3n) is 3.01. The summed E-state index contributed by atoms with van der Waals surface area (Å²) in [6, 6.07) is 15.6. The Balaban J connectivity index is 0.00000144. The van der Waals surface area contributed by atoms with E-state index < -0.39 is 0 Å². The second-order valence-electron chi connectivity index (χ2n) is 4.40. The van der Waals surface area contributed by atoms with Gasteiger partial charge in [-0.25, -0.2) is 10.5 Å². The van der Waals surface area contributed by atoms with Crippen LogP contribution in [0.15, 0.2) is 53.6 Å². The van der Waals surface area contributed by atoms with Gasteiger partial charge in [0.2, 0.25) is 0 Å². The van der Waals surface area contributed by atoms with Crippen LogP contribution >= 0.6 is 11.3 Å². The number of nitrogens with one attached hydrogen (secondary N) is 3. The lowest BCUT2D eigenvalue weighted by atomic mass is 10.2. The highest BCUT2D eigenvalue weighted by molar-refractivity contribution is 7.20. The zero-order valence-corrected chi connectivity index (χ0v) is 11.6. The van der Waals surface area contributed by atoms with Crippen molar-refractivity contribution >= 4 is 27.4 Å². The number of aromatic nitrogens is 1. The molecule has 0 fully saturated rings. The second kappa shape index (κ2) is 5.04. The molecule has 3 aromatic rings. The quantitative estimate of drug-likeness (QED) is 0.693. The molecule has 1 aliphatic heterocycles. The Morgan fingerprint density at radius 3 is 2.67 bits per heavy atom. The van der Waals surface area contributed by atoms with Crippen molar-refractivity contribution in [3.63, 3.8) is 0 Å². The molecule has 2 aromatic carbocycles. The van der Waals surface area contributed by atoms with Crippen LogP contribution in [0.5, 0.6) is 10.9 Å². The number of nitrogens with zero attached hydrogens (tertiary/aromatic N) is 2. The van der Waals surface area contributed by atoms with E-state index in [0.717, 1.165) is 27.4 Å². The molecule has 3 N–H and O–H groups in total. The third-order valence-corrected chi connectivity index (χ3v) is 3.93. The minimum atomic E-state index is 0. The normalized spacial score (nSPS) is 13.6. The van der Waals surface area contributed by atoms with Gasteiger partial charge in [0.25, 0.3) is 5.19 Å². The van der Waals surface area contributed by atoms with Crippen LogP contribution in [0.4, 0.5) is 0 Å². The molecule has 1 aromatic heterocycles. The van der Waals surface area contributed by atoms with Crippen molar-refractivity contribution in [2.75, 3.05) is 0 Å². The van der Waals surface area contributed by atoms with Crippen LogP contribution in [0.25, 0.3) is 10.2 Å². The van der Waals surface area contributed by atoms with Crippen molar-refractivity contribution in [3.8, 4) is 10.9 Å². The molecule has 1 aliphatic rings. The van der Waals surface area contributed by atoms with E-state index in [1.54, 1.807) is 0 Å². The number of hydrazine groups is 2. The van der Waals surface area contributed by atoms with E-state index in [-0.39, 0.29) is 1.43 Å². The number of rotatable bonds is 3. The summed E-state index contributed by atoms with van der Waals surface area (Å²) in [4.78, 5) is 4.45. The Hall–Kier alpha value is -2.64. The topological polar surface area (TPSA) is 70.6 Å². The first-order valence-corrected chi connectivity index (χ1v) is 7.18. The van der Waals surface area contributed by atoms with E-state index >= 15 is 0 Å². The minimum Gasteiger partial charge on any atom is -0.431 e. The van der Waals surface area contributed by atoms with Crippen LogP contribution in [0.2, 0.25) is 0 Å². The molecule has 0 aliphatic carbocycles. The van der Waals surface area contributed by atoms with E-state index in [1.807, 2.05) is 48.5 Å². The van der Waals surface area contributed by atoms with Crippen LogP contribution < -0.4 is 21.2 Å². The summed E-state index contributed by atoms with van der Waals surface area (Å²) in [7, 11) is 0. The first-order chi connectivity index (χ1) is 10.4. The number of hydrazone groups is 1. The molecule has 106 valence electrons. The Bertz CT molecular complexity index is 784. The van der Waals surface area contributed by atoms with Gasteiger partial charge in [0.1, 0.15) is 5.75 Å². The maximum atomic E-state index is 5.80. The SMILES string of the molecule is [HH].c1ccc2sc(Oc3ccc(C4=NNNN4)cc3)nc2c1. The summed E-state index contributed by atoms with van der Waals surface area (Å²) < 4.78 is 6.91. The fraction of sp³-hybridized carbons (Fsp3) is 0. The van der Waals surface area contributed by atoms with Crippen molar-refractivity contribution < 1.29 is 6.16 Å². The number of para-hydroxylation sites is 1. The molecule has 6 nitrogen and oxygen atoms in total. The molecule has 7 heteroatoms. The molecule has 0 amide bonds. The Morgan fingerprint density at radius 1 is 1.05 bits per heavy atom. The summed E-state index contributed by atoms with van der Waals surface area (Å²) in [5.74, 6) is 1.49. The predicted octanol–water partition coefficient (Wildman–Crippen LogP) is 2.61. The summed E-state index contributed by atoms with van der Waals surface area (Å²) in [5, 5.41) is 4.68. The largest absolute Gasteiger partial charge is 0.431 e. The molecular formula is C14H13N5OS. The van der Waals surface area contributed by atoms with Gasteiger partial charge in [-0.05, 0) is 36.4 Å². The first kappa shape index (κ1) is 12.1. The zero-order valence-electron chi connectivity index (χ0n) is 10.8. The van der Waals surface area contributed by atoms with Crippen LogP contribution in [0.3, 0.4) is 0 Å². The summed E-state index contributed by atoms with van der Waals surface area (Å²) >= 11 is 1.53. The molecule has 0 bridgehead atoms. The highest BCUT2D eigenvalue weighted by atomic mass is 32.1. The smallest absolute Gasteiger partial charge is 0.279 e. The van der Waals surface area contributed by atoms with Crippen LogP contribution in [-0.2, 0) is 0 Å². The molecule has 0 radical (unpaired) electrons. The molecule has 0 atom stereocenters. The van der Waals surface area contributed by atoms with Gasteiger partial charge in [0.05, 0.1) is 10.2 Å². The van der Waals surface area contributed by atoms with E-state index in [9.17, 15) is 0 Å². The standard InChI is InChI=1S/C14H11N5OS.H2/c1-2-4-12-11(3-1)15-14(21-12)20-10-7-5-9(6-8-10)13-16-18-19-17-13;/h1-8,18-19H,(H,16,17);1H. The lowest BCUT2D eigenvalue weighted by molar-refractivity contribution is 0.480. The van der Waals surface area contributed by atoms with Crippen LogP contribution in [0.1, 0.15) is 6.99 Å². The molecule has 0 saturated carbocycles. The fourth-order valence-corrected chi connectivity index (χ4v) is 2.85. The zero-order chi connectivity index (χ0) is 14.1. The predicted molar refractivity (Wildman–Crippen MR) is 84.2 cm³/mol. The van der Waals surface area contributed by atoms with Crippen molar-refractivity contribution in [1.29, 1.82) is 0 Å². The molecule has 0 spiro atoms. The fourth-order valence-electron chi connectivity index (χ4n) is 2.01. The summed E-state index contributed by atoms with van der Waals surface area (Å²) in [6.07, 6.45) is 0. The van der Waals surface area contributed by atoms with Gasteiger partial charge < -0.3 is 4.74 Å². The van der Waals surface area contributed by atoms with Gasteiger partial charge >= 0.3 is 0 Å². The van der Waals surface area contributed by atoms with Gasteiger partial charge in [-0.2, -0.15) is 0 Å². The first-order valence-electron chi connectivity index (χ1n) is 6.36. The van der Waals surface area contributed by atoms with Gasteiger partial charge in [-0.1, -0.05) is 23.5 Å². The maximum Gasteiger partial charge on any atom is 0.279 e. The summed E-state index contributed by atoms with van der Waals surface area (Å²) in [6.45, 7) is 0. The van der Waals surface area contributed by atoms with E-state index in [2.05, 4.69) is 26.6 Å². The van der Waals surface area contributed by atoms with E-state index in [4.69, 9.17) is 4.74 Å². The number of ether oxygens (including phenoxy) is 1. The molecule has 0 saturated heterocycles. The number of hydrogen-bond acceptors (Lipinski definition) is 7. The summed E-state index contributed by atoms with van der Waals surface area (Å²) in [5.41, 5.74) is 10.1. The molecule has 21 heavy (non-hydrogen) atoms. The Labute approximate surface area is 125 Å². The Morgan fingerprint density at radius 2 is 1.90 bits per heavy atom. The van der Waals surface area contributed by atoms with Crippen molar-refractivity contribution in [2.45, 2.75) is 0 Å². The highest BCUT2D eigenvalue weighted by Gasteiger charge is 2.09. The van der Waals surface area contributed by atoms with Gasteiger partial charge in [-0.15, -0.1) is 10.6 Å². The minimum absolute atomic E-state index is 0. The lowest BCUT2D eigenvalue weighted by Crippen LogP contribution is -2.35. The van der Waals surface area contributed by atoms with Crippen LogP contribution in [-0.4, -0.2) is 10.8 Å². The average molecular weight is 299 g/mol. The van der Waals surface area contributed by atoms with Crippen molar-refractivity contribution in [3.05, 3.63) is 54.1 Å². The molecule has 0 unspecified atom stereocenters. The van der Waals surface area contributed by atoms with E-state index in [0.29, 0.717) is 5.19 Å². The monoisotopic (exact) mass is 299 g/mol. The van der Waals surface area contributed by atoms with Crippen LogP contribution in [0, 0.1) is 0 Å².